The van der Waals surface area contributed by atoms with Gasteiger partial charge in [-0.15, -0.1) is 9.79 Å². The van der Waals surface area contributed by atoms with Crippen LogP contribution < -0.4 is 12.3 Å². The average molecular weight is 277 g/mol. The molecule has 0 aromatic heterocycles. The Balaban J connectivity index is -0.000000195. The van der Waals surface area contributed by atoms with Gasteiger partial charge in [0, 0.05) is 4.57 Å². The molecule has 1 saturated carbocycles. The fourth-order valence-electron chi connectivity index (χ4n) is 1.06. The third-order valence-corrected chi connectivity index (χ3v) is 2.17. The van der Waals surface area contributed by atoms with E-state index in [2.05, 4.69) is 38.1 Å². The second-order valence-electron chi connectivity index (χ2n) is 3.83. The quantitative estimate of drug-likeness (QED) is 0.536. The highest BCUT2D eigenvalue weighted by molar-refractivity contribution is 7.30. The van der Waals surface area contributed by atoms with Crippen LogP contribution in [0.3, 0.4) is 0 Å². The van der Waals surface area contributed by atoms with E-state index in [0.29, 0.717) is 0 Å². The van der Waals surface area contributed by atoms with Gasteiger partial charge in [-0.3, -0.25) is 0 Å². The van der Waals surface area contributed by atoms with Gasteiger partial charge >= 0.3 is 8.25 Å². The Morgan fingerprint density at radius 3 is 1.33 bits per heavy atom. The molecule has 8 N–H and O–H groups in total. The molecule has 6 heteroatoms. The first-order valence-electron chi connectivity index (χ1n) is 5.40. The molecule has 0 amide bonds. The normalized spacial score (nSPS) is 10.9. The highest BCUT2D eigenvalue weighted by Crippen LogP contribution is 2.15. The first-order chi connectivity index (χ1) is 7.52. The molecule has 0 saturated heterocycles. The summed E-state index contributed by atoms with van der Waals surface area (Å²) < 4.78 is 8.70. The highest BCUT2D eigenvalue weighted by atomic mass is 31.1. The van der Waals surface area contributed by atoms with Crippen LogP contribution in [0.4, 0.5) is 0 Å². The second-order valence-corrected chi connectivity index (χ2v) is 4.33. The monoisotopic (exact) mass is 277 g/mol. The lowest BCUT2D eigenvalue weighted by molar-refractivity contribution is 0.405. The van der Waals surface area contributed by atoms with Crippen molar-refractivity contribution in [2.75, 3.05) is 0 Å². The molecule has 0 radical (unpaired) electrons. The Kier molecular flexibility index (Phi) is 17.7. The van der Waals surface area contributed by atoms with Crippen molar-refractivity contribution in [3.05, 3.63) is 35.4 Å². The third kappa shape index (κ3) is 17.6. The Morgan fingerprint density at radius 1 is 0.944 bits per heavy atom. The van der Waals surface area contributed by atoms with E-state index in [1.54, 1.807) is 0 Å². The van der Waals surface area contributed by atoms with Gasteiger partial charge < -0.3 is 12.3 Å². The van der Waals surface area contributed by atoms with E-state index >= 15 is 0 Å². The molecule has 1 aliphatic carbocycles. The predicted molar refractivity (Wildman–Crippen MR) is 76.5 cm³/mol. The summed E-state index contributed by atoms with van der Waals surface area (Å²) in [5.41, 5.74) is 2.68. The highest BCUT2D eigenvalue weighted by Gasteiger charge is 1.95. The molecule has 0 aliphatic heterocycles. The minimum Gasteiger partial charge on any atom is -0.344 e. The van der Waals surface area contributed by atoms with E-state index in [0.717, 1.165) is 0 Å². The van der Waals surface area contributed by atoms with Crippen LogP contribution in [0.15, 0.2) is 24.3 Å². The van der Waals surface area contributed by atoms with E-state index in [4.69, 9.17) is 14.4 Å². The maximum Gasteiger partial charge on any atom is 0.692 e. The van der Waals surface area contributed by atoms with Crippen LogP contribution in [0, 0.1) is 13.8 Å². The summed E-state index contributed by atoms with van der Waals surface area (Å²) in [5.74, 6) is 0. The molecule has 0 unspecified atom stereocenters. The first-order valence-corrected chi connectivity index (χ1v) is 6.57. The fraction of sp³-hybridized carbons (Fsp3) is 0.500. The van der Waals surface area contributed by atoms with Crippen LogP contribution in [0.1, 0.15) is 36.8 Å². The summed E-state index contributed by atoms with van der Waals surface area (Å²) in [6.45, 7) is 4.21. The van der Waals surface area contributed by atoms with Crippen molar-refractivity contribution >= 4 is 8.25 Å². The van der Waals surface area contributed by atoms with Crippen LogP contribution in [0.5, 0.6) is 0 Å². The second kappa shape index (κ2) is 14.2. The molecule has 18 heavy (non-hydrogen) atoms. The van der Waals surface area contributed by atoms with Crippen molar-refractivity contribution in [2.24, 2.45) is 0 Å². The molecule has 106 valence electrons. The van der Waals surface area contributed by atoms with Crippen LogP contribution in [0.2, 0.25) is 0 Å². The number of hydrogen-bond donors (Lipinski definition) is 4. The van der Waals surface area contributed by atoms with E-state index in [1.807, 2.05) is 0 Å². The van der Waals surface area contributed by atoms with E-state index in [-0.39, 0.29) is 12.3 Å². The number of rotatable bonds is 0. The summed E-state index contributed by atoms with van der Waals surface area (Å²) in [7, 11) is -2.87. The number of aryl methyl sites for hydroxylation is 2. The minimum absolute atomic E-state index is 0. The van der Waals surface area contributed by atoms with Crippen molar-refractivity contribution in [3.63, 3.8) is 0 Å². The Morgan fingerprint density at radius 2 is 1.22 bits per heavy atom. The zero-order valence-corrected chi connectivity index (χ0v) is 12.2. The van der Waals surface area contributed by atoms with E-state index < -0.39 is 8.25 Å². The first kappa shape index (κ1) is 22.3. The molecule has 1 aromatic carbocycles. The van der Waals surface area contributed by atoms with Crippen molar-refractivity contribution in [3.8, 4) is 0 Å². The maximum atomic E-state index is 8.70. The molecule has 0 heterocycles. The van der Waals surface area contributed by atoms with Gasteiger partial charge in [-0.2, -0.15) is 0 Å². The number of hydrogen-bond acceptors (Lipinski definition) is 3. The lowest BCUT2D eigenvalue weighted by Crippen LogP contribution is -1.85. The standard InChI is InChI=1S/C8H10.C4H8.2H3N.HO3P/c1-7-4-3-5-8(2)6-7;1-2-4-3-1;;;1-4(2)3/h3-6H,1-2H3;1-4H2;2*1H3;(H-,1,2,3)/p+1. The molecule has 0 atom stereocenters. The lowest BCUT2D eigenvalue weighted by atomic mass is 10.0. The van der Waals surface area contributed by atoms with Gasteiger partial charge in [-0.05, 0) is 13.8 Å². The van der Waals surface area contributed by atoms with Gasteiger partial charge in [0.25, 0.3) is 0 Å². The Bertz CT molecular complexity index is 293. The van der Waals surface area contributed by atoms with Crippen molar-refractivity contribution < 1.29 is 14.4 Å². The van der Waals surface area contributed by atoms with Crippen molar-refractivity contribution in [2.45, 2.75) is 39.5 Å². The molecule has 0 bridgehead atoms. The van der Waals surface area contributed by atoms with Crippen LogP contribution >= 0.6 is 8.25 Å². The molecule has 0 spiro atoms. The van der Waals surface area contributed by atoms with Gasteiger partial charge in [0.05, 0.1) is 0 Å². The summed E-state index contributed by atoms with van der Waals surface area (Å²) in [5, 5.41) is 0. The molecule has 1 fully saturated rings. The van der Waals surface area contributed by atoms with Crippen LogP contribution in [-0.2, 0) is 4.57 Å². The molecule has 1 aliphatic rings. The van der Waals surface area contributed by atoms with Crippen LogP contribution in [0.25, 0.3) is 0 Å². The van der Waals surface area contributed by atoms with E-state index in [1.165, 1.54) is 36.8 Å². The zero-order chi connectivity index (χ0) is 12.4. The summed E-state index contributed by atoms with van der Waals surface area (Å²) in [4.78, 5) is 14.2. The van der Waals surface area contributed by atoms with Crippen molar-refractivity contribution in [1.29, 1.82) is 0 Å². The van der Waals surface area contributed by atoms with Gasteiger partial charge in [0.2, 0.25) is 0 Å². The smallest absolute Gasteiger partial charge is 0.344 e. The van der Waals surface area contributed by atoms with Gasteiger partial charge in [0.15, 0.2) is 0 Å². The molecule has 1 aromatic rings. The lowest BCUT2D eigenvalue weighted by Gasteiger charge is -2.05. The average Bonchev–Trinajstić information content (AvgIpc) is 1.97. The number of benzene rings is 1. The minimum atomic E-state index is -2.87. The topological polar surface area (TPSA) is 128 Å². The SMILES string of the molecule is C1CCC1.Cc1cccc(C)c1.N.N.O=[P+](O)O. The molecule has 2 rings (SSSR count). The molecular weight excluding hydrogens is 251 g/mol. The van der Waals surface area contributed by atoms with E-state index in [9.17, 15) is 0 Å². The third-order valence-electron chi connectivity index (χ3n) is 2.17. The fourth-order valence-corrected chi connectivity index (χ4v) is 1.06. The summed E-state index contributed by atoms with van der Waals surface area (Å²) in [6, 6.07) is 8.45. The largest absolute Gasteiger partial charge is 0.692 e. The molecular formula is C12H26N2O3P+. The van der Waals surface area contributed by atoms with Gasteiger partial charge in [0.1, 0.15) is 0 Å². The van der Waals surface area contributed by atoms with Crippen LogP contribution in [-0.4, -0.2) is 9.79 Å². The van der Waals surface area contributed by atoms with Crippen molar-refractivity contribution in [1.82, 2.24) is 12.3 Å². The summed E-state index contributed by atoms with van der Waals surface area (Å²) >= 11 is 0. The Labute approximate surface area is 110 Å². The maximum absolute atomic E-state index is 8.70. The zero-order valence-electron chi connectivity index (χ0n) is 11.3. The molecule has 5 nitrogen and oxygen atoms in total. The van der Waals surface area contributed by atoms with Gasteiger partial charge in [-0.25, -0.2) is 0 Å². The predicted octanol–water partition coefficient (Wildman–Crippen LogP) is 3.82. The summed E-state index contributed by atoms with van der Waals surface area (Å²) in [6.07, 6.45) is 6.00. The van der Waals surface area contributed by atoms with Gasteiger partial charge in [-0.1, -0.05) is 61.1 Å². The Hall–Kier alpha value is -0.840.